The topological polar surface area (TPSA) is 44.1 Å². The summed E-state index contributed by atoms with van der Waals surface area (Å²) in [5.74, 6) is 0.309. The van der Waals surface area contributed by atoms with Gasteiger partial charge in [0.05, 0.1) is 33.2 Å². The first kappa shape index (κ1) is 24.3. The molecule has 4 nitrogen and oxygen atoms in total. The molecule has 0 spiro atoms. The second kappa shape index (κ2) is 10.7. The van der Waals surface area contributed by atoms with Crippen LogP contribution in [0.15, 0.2) is 102 Å². The number of halogens is 3. The number of rotatable bonds is 6. The Bertz CT molecular complexity index is 1610. The van der Waals surface area contributed by atoms with Crippen LogP contribution in [0.25, 0.3) is 22.9 Å². The molecule has 5 rings (SSSR count). The van der Waals surface area contributed by atoms with Crippen molar-refractivity contribution in [1.29, 1.82) is 0 Å². The molecule has 1 heterocycles. The predicted molar refractivity (Wildman–Crippen MR) is 149 cm³/mol. The van der Waals surface area contributed by atoms with Crippen molar-refractivity contribution in [2.75, 3.05) is 0 Å². The third-order valence-corrected chi connectivity index (χ3v) is 7.10. The first-order chi connectivity index (χ1) is 17.5. The van der Waals surface area contributed by atoms with Gasteiger partial charge in [-0.3, -0.25) is 0 Å². The van der Waals surface area contributed by atoms with E-state index < -0.39 is 5.97 Å². The minimum Gasteiger partial charge on any atom is -0.422 e. The summed E-state index contributed by atoms with van der Waals surface area (Å²) in [5.41, 5.74) is 3.70. The fourth-order valence-corrected chi connectivity index (χ4v) is 4.74. The van der Waals surface area contributed by atoms with E-state index in [1.807, 2.05) is 54.6 Å². The van der Waals surface area contributed by atoms with Crippen LogP contribution < -0.4 is 0 Å². The van der Waals surface area contributed by atoms with Gasteiger partial charge in [-0.25, -0.2) is 9.78 Å². The smallest absolute Gasteiger partial charge is 0.345 e. The number of imidazole rings is 1. The predicted octanol–water partition coefficient (Wildman–Crippen LogP) is 8.51. The number of ether oxygens (including phenoxy) is 1. The number of para-hydroxylation sites is 2. The Morgan fingerprint density at radius 3 is 2.17 bits per heavy atom. The molecule has 0 N–H and O–H groups in total. The number of benzene rings is 4. The van der Waals surface area contributed by atoms with Gasteiger partial charge in [0.15, 0.2) is 0 Å². The Labute approximate surface area is 226 Å². The molecular formula is C29H19BrCl2N2O2. The Morgan fingerprint density at radius 1 is 0.833 bits per heavy atom. The summed E-state index contributed by atoms with van der Waals surface area (Å²) in [7, 11) is 0. The van der Waals surface area contributed by atoms with Crippen molar-refractivity contribution in [3.8, 4) is 0 Å². The lowest BCUT2D eigenvalue weighted by atomic mass is 10.1. The fraction of sp³-hybridized carbons (Fsp3) is 0.0345. The molecule has 0 fully saturated rings. The summed E-state index contributed by atoms with van der Waals surface area (Å²) in [6.07, 6.45) is 1.74. The van der Waals surface area contributed by atoms with Crippen LogP contribution >= 0.6 is 39.1 Å². The molecule has 0 saturated carbocycles. The highest BCUT2D eigenvalue weighted by atomic mass is 79.9. The minimum atomic E-state index is -0.583. The van der Waals surface area contributed by atoms with Gasteiger partial charge in [-0.15, -0.1) is 0 Å². The fourth-order valence-electron chi connectivity index (χ4n) is 3.89. The minimum absolute atomic E-state index is 0.263. The van der Waals surface area contributed by atoms with Gasteiger partial charge in [0.1, 0.15) is 11.6 Å². The van der Waals surface area contributed by atoms with Crippen molar-refractivity contribution in [2.24, 2.45) is 0 Å². The first-order valence-corrected chi connectivity index (χ1v) is 12.7. The lowest BCUT2D eigenvalue weighted by Crippen LogP contribution is -2.07. The van der Waals surface area contributed by atoms with Crippen LogP contribution in [0, 0.1) is 0 Å². The zero-order valence-corrected chi connectivity index (χ0v) is 22.0. The molecule has 0 atom stereocenters. The zero-order chi connectivity index (χ0) is 25.1. The molecule has 0 unspecified atom stereocenters. The highest BCUT2D eigenvalue weighted by Crippen LogP contribution is 2.30. The van der Waals surface area contributed by atoms with Gasteiger partial charge in [-0.05, 0) is 48.0 Å². The summed E-state index contributed by atoms with van der Waals surface area (Å²) < 4.78 is 8.98. The molecule has 36 heavy (non-hydrogen) atoms. The third kappa shape index (κ3) is 5.09. The van der Waals surface area contributed by atoms with E-state index in [-0.39, 0.29) is 11.3 Å². The second-order valence-electron chi connectivity index (χ2n) is 7.99. The van der Waals surface area contributed by atoms with Crippen LogP contribution in [0.5, 0.6) is 0 Å². The van der Waals surface area contributed by atoms with Crippen molar-refractivity contribution in [1.82, 2.24) is 9.55 Å². The van der Waals surface area contributed by atoms with Crippen LogP contribution in [0.2, 0.25) is 10.0 Å². The molecule has 0 aliphatic rings. The van der Waals surface area contributed by atoms with E-state index in [1.165, 1.54) is 0 Å². The molecule has 0 radical (unpaired) electrons. The van der Waals surface area contributed by atoms with E-state index in [4.69, 9.17) is 32.9 Å². The Kier molecular flexibility index (Phi) is 7.23. The summed E-state index contributed by atoms with van der Waals surface area (Å²) in [5, 5.41) is 0.756. The van der Waals surface area contributed by atoms with Gasteiger partial charge in [-0.1, -0.05) is 93.7 Å². The number of nitrogens with zero attached hydrogens (tertiary/aromatic N) is 2. The van der Waals surface area contributed by atoms with Gasteiger partial charge in [0.25, 0.3) is 0 Å². The average Bonchev–Trinajstić information content (AvgIpc) is 3.22. The van der Waals surface area contributed by atoms with Crippen molar-refractivity contribution in [3.63, 3.8) is 0 Å². The van der Waals surface area contributed by atoms with Gasteiger partial charge in [0.2, 0.25) is 0 Å². The van der Waals surface area contributed by atoms with E-state index in [9.17, 15) is 4.79 Å². The number of esters is 1. The summed E-state index contributed by atoms with van der Waals surface area (Å²) >= 11 is 16.4. The molecule has 7 heteroatoms. The summed E-state index contributed by atoms with van der Waals surface area (Å²) in [4.78, 5) is 18.0. The highest BCUT2D eigenvalue weighted by Gasteiger charge is 2.19. The number of hydrogen-bond acceptors (Lipinski definition) is 3. The lowest BCUT2D eigenvalue weighted by Gasteiger charge is -2.13. The van der Waals surface area contributed by atoms with Crippen LogP contribution in [0.4, 0.5) is 0 Å². The van der Waals surface area contributed by atoms with Gasteiger partial charge in [0, 0.05) is 16.1 Å². The quantitative estimate of drug-likeness (QED) is 0.150. The summed E-state index contributed by atoms with van der Waals surface area (Å²) in [6, 6.07) is 29.9. The molecule has 0 saturated heterocycles. The molecular weight excluding hydrogens is 559 g/mol. The normalized spacial score (nSPS) is 11.6. The first-order valence-electron chi connectivity index (χ1n) is 11.1. The maximum atomic E-state index is 13.1. The van der Waals surface area contributed by atoms with Crippen molar-refractivity contribution >= 4 is 68.0 Å². The molecule has 0 amide bonds. The van der Waals surface area contributed by atoms with E-state index in [0.29, 0.717) is 28.0 Å². The molecule has 178 valence electrons. The van der Waals surface area contributed by atoms with Crippen LogP contribution in [-0.4, -0.2) is 15.5 Å². The number of hydrogen-bond donors (Lipinski definition) is 0. The van der Waals surface area contributed by atoms with Gasteiger partial charge >= 0.3 is 5.97 Å². The van der Waals surface area contributed by atoms with E-state index in [2.05, 4.69) is 26.6 Å². The molecule has 5 aromatic rings. The monoisotopic (exact) mass is 576 g/mol. The number of fused-ring (bicyclic) bond motifs is 1. The molecule has 1 aromatic heterocycles. The SMILES string of the molecule is O=C(OC(=Cc1nc2ccccc2n1Cc1ccccc1Br)c1ccccc1Cl)c1ccccc1Cl. The average molecular weight is 578 g/mol. The maximum Gasteiger partial charge on any atom is 0.345 e. The Balaban J connectivity index is 1.65. The third-order valence-electron chi connectivity index (χ3n) is 5.67. The van der Waals surface area contributed by atoms with E-state index in [0.717, 1.165) is 21.1 Å². The Morgan fingerprint density at radius 2 is 1.44 bits per heavy atom. The van der Waals surface area contributed by atoms with Crippen molar-refractivity contribution in [3.05, 3.63) is 134 Å². The standard InChI is InChI=1S/C29H19BrCl2N2O2/c30-22-12-4-1-9-19(22)18-34-26-16-8-7-15-25(26)33-28(34)17-27(20-10-2-5-13-23(20)31)36-29(35)21-11-3-6-14-24(21)32/h1-17H,18H2. The van der Waals surface area contributed by atoms with Gasteiger partial charge in [-0.2, -0.15) is 0 Å². The lowest BCUT2D eigenvalue weighted by molar-refractivity contribution is 0.0694. The molecule has 0 aliphatic carbocycles. The van der Waals surface area contributed by atoms with Crippen LogP contribution in [0.3, 0.4) is 0 Å². The second-order valence-corrected chi connectivity index (χ2v) is 9.66. The van der Waals surface area contributed by atoms with E-state index in [1.54, 1.807) is 42.5 Å². The van der Waals surface area contributed by atoms with Crippen molar-refractivity contribution in [2.45, 2.75) is 6.54 Å². The molecule has 0 bridgehead atoms. The number of carbonyl (C=O) groups excluding carboxylic acids is 1. The largest absolute Gasteiger partial charge is 0.422 e. The van der Waals surface area contributed by atoms with E-state index >= 15 is 0 Å². The number of carbonyl (C=O) groups is 1. The van der Waals surface area contributed by atoms with Crippen LogP contribution in [0.1, 0.15) is 27.3 Å². The number of aromatic nitrogens is 2. The maximum absolute atomic E-state index is 13.1. The van der Waals surface area contributed by atoms with Gasteiger partial charge < -0.3 is 9.30 Å². The molecule has 0 aliphatic heterocycles. The summed E-state index contributed by atoms with van der Waals surface area (Å²) in [6.45, 7) is 0.558. The van der Waals surface area contributed by atoms with Crippen molar-refractivity contribution < 1.29 is 9.53 Å². The highest BCUT2D eigenvalue weighted by molar-refractivity contribution is 9.10. The molecule has 4 aromatic carbocycles. The Hall–Kier alpha value is -3.38. The van der Waals surface area contributed by atoms with Crippen LogP contribution in [-0.2, 0) is 11.3 Å². The zero-order valence-electron chi connectivity index (χ0n) is 18.9.